The Kier molecular flexibility index (Phi) is 3.76. The molecular formula is C12H15N3O3. The Hall–Kier alpha value is -2.11. The first kappa shape index (κ1) is 12.3. The number of rotatable bonds is 4. The zero-order valence-corrected chi connectivity index (χ0v) is 9.93. The number of aromatic carboxylic acids is 1. The highest BCUT2D eigenvalue weighted by atomic mass is 16.4. The van der Waals surface area contributed by atoms with Crippen LogP contribution in [0.2, 0.25) is 0 Å². The normalized spacial score (nSPS) is 14.6. The van der Waals surface area contributed by atoms with Gasteiger partial charge >= 0.3 is 5.97 Å². The van der Waals surface area contributed by atoms with Crippen molar-refractivity contribution in [2.75, 3.05) is 25.0 Å². The van der Waals surface area contributed by atoms with Crippen LogP contribution in [0.25, 0.3) is 0 Å². The van der Waals surface area contributed by atoms with Crippen LogP contribution in [0.4, 0.5) is 5.82 Å². The molecule has 18 heavy (non-hydrogen) atoms. The highest BCUT2D eigenvalue weighted by molar-refractivity contribution is 5.87. The first-order chi connectivity index (χ1) is 8.66. The SMILES string of the molecule is O=C(O)c1ccc(NCC(=O)N2CCCC2)nc1. The largest absolute Gasteiger partial charge is 0.478 e. The first-order valence-corrected chi connectivity index (χ1v) is 5.88. The van der Waals surface area contributed by atoms with Gasteiger partial charge in [0.25, 0.3) is 0 Å². The van der Waals surface area contributed by atoms with Gasteiger partial charge in [0, 0.05) is 19.3 Å². The highest BCUT2D eigenvalue weighted by Crippen LogP contribution is 2.08. The molecule has 1 fully saturated rings. The molecule has 0 atom stereocenters. The quantitative estimate of drug-likeness (QED) is 0.825. The minimum absolute atomic E-state index is 0.0524. The number of amides is 1. The smallest absolute Gasteiger partial charge is 0.337 e. The predicted molar refractivity (Wildman–Crippen MR) is 65.5 cm³/mol. The van der Waals surface area contributed by atoms with Crippen molar-refractivity contribution < 1.29 is 14.7 Å². The van der Waals surface area contributed by atoms with Gasteiger partial charge in [0.1, 0.15) is 5.82 Å². The summed E-state index contributed by atoms with van der Waals surface area (Å²) < 4.78 is 0. The summed E-state index contributed by atoms with van der Waals surface area (Å²) in [5, 5.41) is 11.6. The summed E-state index contributed by atoms with van der Waals surface area (Å²) in [6.07, 6.45) is 3.40. The Morgan fingerprint density at radius 1 is 1.33 bits per heavy atom. The number of hydrogen-bond acceptors (Lipinski definition) is 4. The van der Waals surface area contributed by atoms with E-state index in [9.17, 15) is 9.59 Å². The van der Waals surface area contributed by atoms with Crippen molar-refractivity contribution in [1.82, 2.24) is 9.88 Å². The van der Waals surface area contributed by atoms with Gasteiger partial charge in [-0.25, -0.2) is 9.78 Å². The summed E-state index contributed by atoms with van der Waals surface area (Å²) in [6, 6.07) is 3.01. The first-order valence-electron chi connectivity index (χ1n) is 5.88. The molecule has 1 aliphatic rings. The molecule has 0 radical (unpaired) electrons. The van der Waals surface area contributed by atoms with Crippen molar-refractivity contribution in [1.29, 1.82) is 0 Å². The van der Waals surface area contributed by atoms with Gasteiger partial charge in [-0.3, -0.25) is 4.79 Å². The van der Waals surface area contributed by atoms with Crippen molar-refractivity contribution in [3.8, 4) is 0 Å². The molecule has 6 heteroatoms. The lowest BCUT2D eigenvalue weighted by molar-refractivity contribution is -0.128. The number of likely N-dealkylation sites (tertiary alicyclic amines) is 1. The molecule has 0 unspecified atom stereocenters. The molecular weight excluding hydrogens is 234 g/mol. The lowest BCUT2D eigenvalue weighted by Gasteiger charge is -2.15. The second-order valence-corrected chi connectivity index (χ2v) is 4.18. The monoisotopic (exact) mass is 249 g/mol. The van der Waals surface area contributed by atoms with E-state index in [-0.39, 0.29) is 18.0 Å². The molecule has 2 heterocycles. The molecule has 0 bridgehead atoms. The Morgan fingerprint density at radius 3 is 2.61 bits per heavy atom. The number of nitrogens with one attached hydrogen (secondary N) is 1. The third-order valence-electron chi connectivity index (χ3n) is 2.89. The number of pyridine rings is 1. The van der Waals surface area contributed by atoms with E-state index in [1.165, 1.54) is 12.3 Å². The summed E-state index contributed by atoms with van der Waals surface area (Å²) in [7, 11) is 0. The summed E-state index contributed by atoms with van der Waals surface area (Å²) in [4.78, 5) is 28.1. The molecule has 0 aromatic carbocycles. The number of carbonyl (C=O) groups excluding carboxylic acids is 1. The number of aromatic nitrogens is 1. The van der Waals surface area contributed by atoms with Gasteiger partial charge in [0.2, 0.25) is 5.91 Å². The zero-order chi connectivity index (χ0) is 13.0. The molecule has 1 aliphatic heterocycles. The number of nitrogens with zero attached hydrogens (tertiary/aromatic N) is 2. The van der Waals surface area contributed by atoms with E-state index in [1.807, 2.05) is 4.90 Å². The number of carboxylic acids is 1. The van der Waals surface area contributed by atoms with Gasteiger partial charge in [0.05, 0.1) is 12.1 Å². The maximum absolute atomic E-state index is 11.7. The Labute approximate surface area is 105 Å². The van der Waals surface area contributed by atoms with Gasteiger partial charge < -0.3 is 15.3 Å². The van der Waals surface area contributed by atoms with E-state index in [0.717, 1.165) is 25.9 Å². The molecule has 1 amide bonds. The lowest BCUT2D eigenvalue weighted by Crippen LogP contribution is -2.33. The van der Waals surface area contributed by atoms with Crippen LogP contribution in [0.3, 0.4) is 0 Å². The molecule has 0 saturated carbocycles. The van der Waals surface area contributed by atoms with Crippen LogP contribution in [0, 0.1) is 0 Å². The molecule has 0 aliphatic carbocycles. The standard InChI is InChI=1S/C12H15N3O3/c16-11(15-5-1-2-6-15)8-14-10-4-3-9(7-13-10)12(17)18/h3-4,7H,1-2,5-6,8H2,(H,13,14)(H,17,18). The second kappa shape index (κ2) is 5.48. The Bertz CT molecular complexity index is 438. The van der Waals surface area contributed by atoms with Crippen molar-refractivity contribution in [2.24, 2.45) is 0 Å². The van der Waals surface area contributed by atoms with Crippen LogP contribution >= 0.6 is 0 Å². The predicted octanol–water partition coefficient (Wildman–Crippen LogP) is 0.814. The van der Waals surface area contributed by atoms with Crippen LogP contribution < -0.4 is 5.32 Å². The summed E-state index contributed by atoms with van der Waals surface area (Å²) in [6.45, 7) is 1.84. The number of carboxylic acid groups (broad SMARTS) is 1. The van der Waals surface area contributed by atoms with E-state index < -0.39 is 5.97 Å². The van der Waals surface area contributed by atoms with E-state index in [1.54, 1.807) is 6.07 Å². The van der Waals surface area contributed by atoms with Gasteiger partial charge in [-0.15, -0.1) is 0 Å². The third-order valence-corrected chi connectivity index (χ3v) is 2.89. The van der Waals surface area contributed by atoms with Crippen LogP contribution in [-0.4, -0.2) is 46.5 Å². The number of carbonyl (C=O) groups is 2. The molecule has 1 aromatic heterocycles. The highest BCUT2D eigenvalue weighted by Gasteiger charge is 2.17. The fraction of sp³-hybridized carbons (Fsp3) is 0.417. The van der Waals surface area contributed by atoms with Crippen LogP contribution in [-0.2, 0) is 4.79 Å². The van der Waals surface area contributed by atoms with Gasteiger partial charge in [-0.2, -0.15) is 0 Å². The van der Waals surface area contributed by atoms with Crippen LogP contribution in [0.1, 0.15) is 23.2 Å². The maximum atomic E-state index is 11.7. The molecule has 2 rings (SSSR count). The molecule has 2 N–H and O–H groups in total. The summed E-state index contributed by atoms with van der Waals surface area (Å²) in [5.74, 6) is -0.452. The van der Waals surface area contributed by atoms with Crippen LogP contribution in [0.5, 0.6) is 0 Å². The average Bonchev–Trinajstić information content (AvgIpc) is 2.90. The minimum Gasteiger partial charge on any atom is -0.478 e. The molecule has 0 spiro atoms. The summed E-state index contributed by atoms with van der Waals surface area (Å²) in [5.41, 5.74) is 0.131. The van der Waals surface area contributed by atoms with Gasteiger partial charge in [-0.05, 0) is 25.0 Å². The van der Waals surface area contributed by atoms with Crippen molar-refractivity contribution in [3.63, 3.8) is 0 Å². The van der Waals surface area contributed by atoms with Crippen molar-refractivity contribution >= 4 is 17.7 Å². The number of anilines is 1. The molecule has 1 aromatic rings. The molecule has 1 saturated heterocycles. The molecule has 6 nitrogen and oxygen atoms in total. The van der Waals surface area contributed by atoms with Crippen molar-refractivity contribution in [2.45, 2.75) is 12.8 Å². The van der Waals surface area contributed by atoms with E-state index >= 15 is 0 Å². The van der Waals surface area contributed by atoms with Gasteiger partial charge in [0.15, 0.2) is 0 Å². The van der Waals surface area contributed by atoms with E-state index in [2.05, 4.69) is 10.3 Å². The van der Waals surface area contributed by atoms with Gasteiger partial charge in [-0.1, -0.05) is 0 Å². The second-order valence-electron chi connectivity index (χ2n) is 4.18. The minimum atomic E-state index is -1.01. The van der Waals surface area contributed by atoms with Crippen LogP contribution in [0.15, 0.2) is 18.3 Å². The summed E-state index contributed by atoms with van der Waals surface area (Å²) >= 11 is 0. The average molecular weight is 249 g/mol. The number of hydrogen-bond donors (Lipinski definition) is 2. The fourth-order valence-corrected chi connectivity index (χ4v) is 1.87. The zero-order valence-electron chi connectivity index (χ0n) is 9.93. The van der Waals surface area contributed by atoms with E-state index in [4.69, 9.17) is 5.11 Å². The lowest BCUT2D eigenvalue weighted by atomic mass is 10.3. The van der Waals surface area contributed by atoms with E-state index in [0.29, 0.717) is 5.82 Å². The molecule has 96 valence electrons. The van der Waals surface area contributed by atoms with Crippen molar-refractivity contribution in [3.05, 3.63) is 23.9 Å². The maximum Gasteiger partial charge on any atom is 0.337 e. The topological polar surface area (TPSA) is 82.5 Å². The third kappa shape index (κ3) is 2.97. The fourth-order valence-electron chi connectivity index (χ4n) is 1.87. The Balaban J connectivity index is 1.86. The Morgan fingerprint density at radius 2 is 2.06 bits per heavy atom.